The summed E-state index contributed by atoms with van der Waals surface area (Å²) in [4.78, 5) is 13.3. The van der Waals surface area contributed by atoms with E-state index in [-0.39, 0.29) is 11.9 Å². The van der Waals surface area contributed by atoms with Crippen LogP contribution in [0.5, 0.6) is 0 Å². The lowest BCUT2D eigenvalue weighted by atomic mass is 9.99. The highest BCUT2D eigenvalue weighted by molar-refractivity contribution is 5.76. The van der Waals surface area contributed by atoms with Crippen molar-refractivity contribution in [3.63, 3.8) is 0 Å². The second kappa shape index (κ2) is 3.70. The van der Waals surface area contributed by atoms with Crippen molar-refractivity contribution in [1.29, 1.82) is 0 Å². The topological polar surface area (TPSA) is 29.5 Å². The van der Waals surface area contributed by atoms with Gasteiger partial charge < -0.3 is 9.64 Å². The average molecular weight is 191 g/mol. The lowest BCUT2D eigenvalue weighted by Gasteiger charge is -2.39. The summed E-state index contributed by atoms with van der Waals surface area (Å²) in [7, 11) is 1.44. The lowest BCUT2D eigenvalue weighted by molar-refractivity contribution is -0.146. The zero-order valence-corrected chi connectivity index (χ0v) is 8.14. The third kappa shape index (κ3) is 1.58. The normalized spacial score (nSPS) is 16.2. The number of anilines is 1. The van der Waals surface area contributed by atoms with Crippen LogP contribution in [-0.4, -0.2) is 26.2 Å². The Kier molecular flexibility index (Phi) is 2.39. The maximum absolute atomic E-state index is 11.1. The predicted molar refractivity (Wildman–Crippen MR) is 54.2 cm³/mol. The molecular weight excluding hydrogens is 178 g/mol. The van der Waals surface area contributed by atoms with Crippen molar-refractivity contribution in [2.75, 3.05) is 25.1 Å². The van der Waals surface area contributed by atoms with Crippen molar-refractivity contribution in [2.24, 2.45) is 5.92 Å². The van der Waals surface area contributed by atoms with Crippen LogP contribution < -0.4 is 4.90 Å². The first-order valence-corrected chi connectivity index (χ1v) is 4.69. The molecule has 0 radical (unpaired) electrons. The largest absolute Gasteiger partial charge is 0.469 e. The van der Waals surface area contributed by atoms with E-state index < -0.39 is 0 Å². The number of hydrogen-bond donors (Lipinski definition) is 0. The van der Waals surface area contributed by atoms with Crippen molar-refractivity contribution >= 4 is 11.7 Å². The van der Waals surface area contributed by atoms with Gasteiger partial charge in [-0.2, -0.15) is 0 Å². The highest BCUT2D eigenvalue weighted by Gasteiger charge is 2.33. The number of esters is 1. The molecule has 74 valence electrons. The van der Waals surface area contributed by atoms with E-state index in [1.807, 2.05) is 30.3 Å². The van der Waals surface area contributed by atoms with Crippen LogP contribution in [0.2, 0.25) is 0 Å². The number of para-hydroxylation sites is 1. The third-order valence-electron chi connectivity index (χ3n) is 2.54. The number of methoxy groups -OCH3 is 1. The van der Waals surface area contributed by atoms with Crippen molar-refractivity contribution in [3.8, 4) is 0 Å². The van der Waals surface area contributed by atoms with Gasteiger partial charge >= 0.3 is 5.97 Å². The zero-order chi connectivity index (χ0) is 9.97. The van der Waals surface area contributed by atoms with Gasteiger partial charge in [0.1, 0.15) is 0 Å². The van der Waals surface area contributed by atoms with Gasteiger partial charge in [0.2, 0.25) is 0 Å². The van der Waals surface area contributed by atoms with Gasteiger partial charge in [0.15, 0.2) is 0 Å². The Bertz CT molecular complexity index is 317. The third-order valence-corrected chi connectivity index (χ3v) is 2.54. The summed E-state index contributed by atoms with van der Waals surface area (Å²) in [6, 6.07) is 10.1. The summed E-state index contributed by atoms with van der Waals surface area (Å²) in [5.41, 5.74) is 1.17. The molecule has 0 aliphatic carbocycles. The number of nitrogens with zero attached hydrogens (tertiary/aromatic N) is 1. The minimum absolute atomic E-state index is 0.0557. The summed E-state index contributed by atoms with van der Waals surface area (Å²) in [6.45, 7) is 1.55. The SMILES string of the molecule is COC(=O)C1CN(c2ccccc2)C1. The van der Waals surface area contributed by atoms with Crippen LogP contribution in [0.1, 0.15) is 0 Å². The van der Waals surface area contributed by atoms with E-state index in [9.17, 15) is 4.79 Å². The fourth-order valence-electron chi connectivity index (χ4n) is 1.64. The molecule has 3 nitrogen and oxygen atoms in total. The van der Waals surface area contributed by atoms with E-state index in [0.29, 0.717) is 0 Å². The van der Waals surface area contributed by atoms with E-state index in [4.69, 9.17) is 0 Å². The molecule has 1 heterocycles. The highest BCUT2D eigenvalue weighted by atomic mass is 16.5. The molecular formula is C11H13NO2. The molecule has 0 amide bonds. The number of carbonyl (C=O) groups is 1. The van der Waals surface area contributed by atoms with E-state index in [1.54, 1.807) is 0 Å². The molecule has 3 heteroatoms. The Morgan fingerprint density at radius 2 is 2.00 bits per heavy atom. The van der Waals surface area contributed by atoms with E-state index in [2.05, 4.69) is 9.64 Å². The Balaban J connectivity index is 1.92. The van der Waals surface area contributed by atoms with Crippen LogP contribution in [0.15, 0.2) is 30.3 Å². The van der Waals surface area contributed by atoms with Crippen molar-refractivity contribution < 1.29 is 9.53 Å². The maximum Gasteiger partial charge on any atom is 0.312 e. The zero-order valence-electron chi connectivity index (χ0n) is 8.14. The fraction of sp³-hybridized carbons (Fsp3) is 0.364. The van der Waals surface area contributed by atoms with Gasteiger partial charge in [-0.1, -0.05) is 18.2 Å². The molecule has 2 rings (SSSR count). The summed E-state index contributed by atoms with van der Waals surface area (Å²) < 4.78 is 4.67. The van der Waals surface area contributed by atoms with Crippen LogP contribution in [0.25, 0.3) is 0 Å². The van der Waals surface area contributed by atoms with Gasteiger partial charge in [-0.25, -0.2) is 0 Å². The minimum Gasteiger partial charge on any atom is -0.469 e. The van der Waals surface area contributed by atoms with Gasteiger partial charge in [-0.05, 0) is 12.1 Å². The van der Waals surface area contributed by atoms with Crippen LogP contribution >= 0.6 is 0 Å². The van der Waals surface area contributed by atoms with E-state index in [0.717, 1.165) is 13.1 Å². The van der Waals surface area contributed by atoms with E-state index in [1.165, 1.54) is 12.8 Å². The molecule has 1 aromatic rings. The van der Waals surface area contributed by atoms with E-state index >= 15 is 0 Å². The molecule has 0 atom stereocenters. The first-order chi connectivity index (χ1) is 6.81. The van der Waals surface area contributed by atoms with Gasteiger partial charge in [-0.3, -0.25) is 4.79 Å². The molecule has 1 aliphatic heterocycles. The fourth-order valence-corrected chi connectivity index (χ4v) is 1.64. The average Bonchev–Trinajstić information content (AvgIpc) is 2.17. The highest BCUT2D eigenvalue weighted by Crippen LogP contribution is 2.24. The lowest BCUT2D eigenvalue weighted by Crippen LogP contribution is -2.50. The van der Waals surface area contributed by atoms with Crippen LogP contribution in [0, 0.1) is 5.92 Å². The van der Waals surface area contributed by atoms with Crippen LogP contribution in [0.4, 0.5) is 5.69 Å². The Morgan fingerprint density at radius 1 is 1.36 bits per heavy atom. The molecule has 1 fully saturated rings. The first kappa shape index (κ1) is 9.06. The Hall–Kier alpha value is -1.51. The first-order valence-electron chi connectivity index (χ1n) is 4.69. The summed E-state index contributed by atoms with van der Waals surface area (Å²) in [6.07, 6.45) is 0. The van der Waals surface area contributed by atoms with Crippen molar-refractivity contribution in [2.45, 2.75) is 0 Å². The van der Waals surface area contributed by atoms with Crippen LogP contribution in [-0.2, 0) is 9.53 Å². The number of hydrogen-bond acceptors (Lipinski definition) is 3. The van der Waals surface area contributed by atoms with Gasteiger partial charge in [-0.15, -0.1) is 0 Å². The molecule has 1 aromatic carbocycles. The van der Waals surface area contributed by atoms with Crippen molar-refractivity contribution in [1.82, 2.24) is 0 Å². The molecule has 1 saturated heterocycles. The second-order valence-corrected chi connectivity index (χ2v) is 3.46. The number of rotatable bonds is 2. The Morgan fingerprint density at radius 3 is 2.57 bits per heavy atom. The molecule has 0 bridgehead atoms. The minimum atomic E-state index is -0.0998. The summed E-state index contributed by atoms with van der Waals surface area (Å²) >= 11 is 0. The number of carbonyl (C=O) groups excluding carboxylic acids is 1. The van der Waals surface area contributed by atoms with Crippen molar-refractivity contribution in [3.05, 3.63) is 30.3 Å². The molecule has 0 saturated carbocycles. The second-order valence-electron chi connectivity index (χ2n) is 3.46. The standard InChI is InChI=1S/C11H13NO2/c1-14-11(13)9-7-12(8-9)10-5-3-2-4-6-10/h2-6,9H,7-8H2,1H3. The molecule has 0 unspecified atom stereocenters. The summed E-state index contributed by atoms with van der Waals surface area (Å²) in [5, 5.41) is 0. The van der Waals surface area contributed by atoms with Gasteiger partial charge in [0.25, 0.3) is 0 Å². The van der Waals surface area contributed by atoms with Gasteiger partial charge in [0.05, 0.1) is 13.0 Å². The summed E-state index contributed by atoms with van der Waals surface area (Å²) in [5.74, 6) is -0.0441. The smallest absolute Gasteiger partial charge is 0.312 e. The monoisotopic (exact) mass is 191 g/mol. The number of ether oxygens (including phenoxy) is 1. The Labute approximate surface area is 83.3 Å². The maximum atomic E-state index is 11.1. The number of benzene rings is 1. The predicted octanol–water partition coefficient (Wildman–Crippen LogP) is 1.30. The van der Waals surface area contributed by atoms with Gasteiger partial charge in [0, 0.05) is 18.8 Å². The molecule has 0 aromatic heterocycles. The quantitative estimate of drug-likeness (QED) is 0.660. The molecule has 0 N–H and O–H groups in total. The molecule has 1 aliphatic rings. The molecule has 14 heavy (non-hydrogen) atoms. The molecule has 0 spiro atoms. The van der Waals surface area contributed by atoms with Crippen LogP contribution in [0.3, 0.4) is 0 Å².